The third kappa shape index (κ3) is 4.99. The lowest BCUT2D eigenvalue weighted by Crippen LogP contribution is -2.33. The molecule has 3 aliphatic rings. The lowest BCUT2D eigenvalue weighted by atomic mass is 9.62. The first kappa shape index (κ1) is 20.3. The fraction of sp³-hybridized carbons (Fsp3) is 1.00. The van der Waals surface area contributed by atoms with Crippen molar-refractivity contribution in [3.05, 3.63) is 0 Å². The molecular weight excluding hydrogens is 292 g/mol. The average molecular weight is 337 g/mol. The van der Waals surface area contributed by atoms with Crippen molar-refractivity contribution < 1.29 is 5.48 Å². The van der Waals surface area contributed by atoms with E-state index < -0.39 is 0 Å². The molecule has 0 heterocycles. The minimum atomic E-state index is 0. The molecule has 1 heteroatoms. The van der Waals surface area contributed by atoms with Crippen molar-refractivity contribution in [2.75, 3.05) is 0 Å². The largest absolute Gasteiger partial charge is 0.412 e. The van der Waals surface area contributed by atoms with Crippen molar-refractivity contribution in [3.63, 3.8) is 0 Å². The molecule has 0 aromatic rings. The maximum absolute atomic E-state index is 2.52. The van der Waals surface area contributed by atoms with Gasteiger partial charge in [0.15, 0.2) is 0 Å². The molecule has 3 rings (SSSR count). The Balaban J connectivity index is 0.00000208. The van der Waals surface area contributed by atoms with Crippen molar-refractivity contribution in [1.82, 2.24) is 0 Å². The maximum Gasteiger partial charge on any atom is -0.0381 e. The van der Waals surface area contributed by atoms with Crippen molar-refractivity contribution in [2.24, 2.45) is 47.3 Å². The number of hydrogen-bond acceptors (Lipinski definition) is 0. The van der Waals surface area contributed by atoms with Crippen LogP contribution in [0.25, 0.3) is 0 Å². The highest BCUT2D eigenvalue weighted by Gasteiger charge is 2.36. The molecule has 3 saturated carbocycles. The topological polar surface area (TPSA) is 31.5 Å². The summed E-state index contributed by atoms with van der Waals surface area (Å²) in [6.45, 7) is 9.98. The summed E-state index contributed by atoms with van der Waals surface area (Å²) in [5, 5.41) is 0. The van der Waals surface area contributed by atoms with Gasteiger partial charge in [0.05, 0.1) is 0 Å². The van der Waals surface area contributed by atoms with Gasteiger partial charge in [-0.3, -0.25) is 0 Å². The molecule has 0 radical (unpaired) electrons. The van der Waals surface area contributed by atoms with Crippen molar-refractivity contribution in [1.29, 1.82) is 0 Å². The molecule has 24 heavy (non-hydrogen) atoms. The molecular formula is C23H44O. The summed E-state index contributed by atoms with van der Waals surface area (Å²) in [6.07, 6.45) is 17.0. The van der Waals surface area contributed by atoms with Gasteiger partial charge in [-0.2, -0.15) is 0 Å². The zero-order chi connectivity index (χ0) is 16.4. The van der Waals surface area contributed by atoms with E-state index in [1.807, 2.05) is 0 Å². The molecule has 0 aliphatic heterocycles. The van der Waals surface area contributed by atoms with E-state index in [1.165, 1.54) is 38.5 Å². The molecule has 0 aromatic heterocycles. The second kappa shape index (κ2) is 9.06. The van der Waals surface area contributed by atoms with Gasteiger partial charge in [-0.05, 0) is 79.4 Å². The zero-order valence-electron chi connectivity index (χ0n) is 16.9. The Kier molecular flexibility index (Phi) is 7.65. The SMILES string of the molecule is CC1CCC(CC2CCC(C3CC(C)C(C)C(C)C3)CC2)CC1.O. The van der Waals surface area contributed by atoms with Gasteiger partial charge in [0, 0.05) is 0 Å². The highest BCUT2D eigenvalue weighted by molar-refractivity contribution is 4.86. The molecule has 0 spiro atoms. The molecule has 3 aliphatic carbocycles. The van der Waals surface area contributed by atoms with Crippen LogP contribution in [-0.2, 0) is 0 Å². The normalized spacial score (nSPS) is 47.0. The van der Waals surface area contributed by atoms with Crippen LogP contribution in [0.4, 0.5) is 0 Å². The quantitative estimate of drug-likeness (QED) is 0.563. The monoisotopic (exact) mass is 336 g/mol. The Morgan fingerprint density at radius 2 is 1.04 bits per heavy atom. The van der Waals surface area contributed by atoms with Crippen LogP contribution in [0.15, 0.2) is 0 Å². The van der Waals surface area contributed by atoms with Crippen LogP contribution in [0.2, 0.25) is 0 Å². The van der Waals surface area contributed by atoms with Crippen LogP contribution in [0, 0.1) is 47.3 Å². The van der Waals surface area contributed by atoms with E-state index in [4.69, 9.17) is 0 Å². The van der Waals surface area contributed by atoms with E-state index >= 15 is 0 Å². The predicted molar refractivity (Wildman–Crippen MR) is 105 cm³/mol. The van der Waals surface area contributed by atoms with Crippen LogP contribution in [0.1, 0.15) is 98.3 Å². The second-order valence-electron chi connectivity index (χ2n) is 10.2. The van der Waals surface area contributed by atoms with E-state index in [0.29, 0.717) is 0 Å². The van der Waals surface area contributed by atoms with Gasteiger partial charge in [-0.15, -0.1) is 0 Å². The summed E-state index contributed by atoms with van der Waals surface area (Å²) in [4.78, 5) is 0. The van der Waals surface area contributed by atoms with Crippen molar-refractivity contribution in [3.8, 4) is 0 Å². The second-order valence-corrected chi connectivity index (χ2v) is 10.2. The fourth-order valence-corrected chi connectivity index (χ4v) is 6.36. The zero-order valence-corrected chi connectivity index (χ0v) is 16.9. The molecule has 0 aromatic carbocycles. The fourth-order valence-electron chi connectivity index (χ4n) is 6.36. The average Bonchev–Trinajstić information content (AvgIpc) is 2.55. The van der Waals surface area contributed by atoms with Crippen LogP contribution in [0.3, 0.4) is 0 Å². The van der Waals surface area contributed by atoms with Gasteiger partial charge in [0.1, 0.15) is 0 Å². The number of rotatable bonds is 3. The minimum Gasteiger partial charge on any atom is -0.412 e. The predicted octanol–water partition coefficient (Wildman–Crippen LogP) is 6.50. The lowest BCUT2D eigenvalue weighted by Gasteiger charge is -2.43. The Morgan fingerprint density at radius 3 is 1.54 bits per heavy atom. The molecule has 2 unspecified atom stereocenters. The first-order valence-corrected chi connectivity index (χ1v) is 11.0. The standard InChI is InChI=1S/C23H42.H2O/c1-16-5-7-20(8-6-16)15-21-9-11-22(12-10-21)23-13-17(2)19(4)18(3)14-23;/h16-23H,5-15H2,1-4H3;1H2. The van der Waals surface area contributed by atoms with Crippen molar-refractivity contribution >= 4 is 0 Å². The van der Waals surface area contributed by atoms with Crippen LogP contribution < -0.4 is 0 Å². The Bertz CT molecular complexity index is 337. The first-order chi connectivity index (χ1) is 11.0. The summed E-state index contributed by atoms with van der Waals surface area (Å²) < 4.78 is 0. The lowest BCUT2D eigenvalue weighted by molar-refractivity contribution is 0.0744. The number of hydrogen-bond donors (Lipinski definition) is 0. The van der Waals surface area contributed by atoms with Crippen LogP contribution >= 0.6 is 0 Å². The van der Waals surface area contributed by atoms with E-state index in [2.05, 4.69) is 27.7 Å². The van der Waals surface area contributed by atoms with Gasteiger partial charge >= 0.3 is 0 Å². The van der Waals surface area contributed by atoms with E-state index in [0.717, 1.165) is 47.3 Å². The van der Waals surface area contributed by atoms with Crippen LogP contribution in [0.5, 0.6) is 0 Å². The van der Waals surface area contributed by atoms with Gasteiger partial charge in [0.2, 0.25) is 0 Å². The van der Waals surface area contributed by atoms with Gasteiger partial charge in [-0.25, -0.2) is 0 Å². The molecule has 3 fully saturated rings. The molecule has 1 nitrogen and oxygen atoms in total. The van der Waals surface area contributed by atoms with E-state index in [-0.39, 0.29) is 5.48 Å². The van der Waals surface area contributed by atoms with Crippen LogP contribution in [-0.4, -0.2) is 5.48 Å². The molecule has 142 valence electrons. The minimum absolute atomic E-state index is 0. The summed E-state index contributed by atoms with van der Waals surface area (Å²) in [5.74, 6) is 8.21. The van der Waals surface area contributed by atoms with E-state index in [1.54, 1.807) is 32.1 Å². The Hall–Kier alpha value is -0.0400. The van der Waals surface area contributed by atoms with Gasteiger partial charge in [0.25, 0.3) is 0 Å². The van der Waals surface area contributed by atoms with Gasteiger partial charge in [-0.1, -0.05) is 66.2 Å². The van der Waals surface area contributed by atoms with E-state index in [9.17, 15) is 0 Å². The van der Waals surface area contributed by atoms with Crippen molar-refractivity contribution in [2.45, 2.75) is 98.3 Å². The molecule has 0 amide bonds. The molecule has 2 atom stereocenters. The Morgan fingerprint density at radius 1 is 0.583 bits per heavy atom. The third-order valence-electron chi connectivity index (χ3n) is 8.50. The summed E-state index contributed by atoms with van der Waals surface area (Å²) >= 11 is 0. The summed E-state index contributed by atoms with van der Waals surface area (Å²) in [7, 11) is 0. The van der Waals surface area contributed by atoms with Gasteiger partial charge < -0.3 is 5.48 Å². The maximum atomic E-state index is 2.52. The molecule has 0 bridgehead atoms. The Labute approximate surface area is 151 Å². The molecule has 2 N–H and O–H groups in total. The highest BCUT2D eigenvalue weighted by Crippen LogP contribution is 2.46. The molecule has 0 saturated heterocycles. The summed E-state index contributed by atoms with van der Waals surface area (Å²) in [6, 6.07) is 0. The third-order valence-corrected chi connectivity index (χ3v) is 8.50. The smallest absolute Gasteiger partial charge is 0.0381 e. The highest BCUT2D eigenvalue weighted by atomic mass is 16.0. The summed E-state index contributed by atoms with van der Waals surface area (Å²) in [5.41, 5.74) is 0. The first-order valence-electron chi connectivity index (χ1n) is 11.0.